The first kappa shape index (κ1) is 18.2. The number of benzene rings is 2. The minimum atomic E-state index is -0.101. The Morgan fingerprint density at radius 3 is 2.93 bits per heavy atom. The molecule has 0 amide bonds. The van der Waals surface area contributed by atoms with Crippen LogP contribution in [0.3, 0.4) is 0 Å². The van der Waals surface area contributed by atoms with Crippen LogP contribution >= 0.6 is 0 Å². The number of imidazole rings is 1. The fourth-order valence-corrected chi connectivity index (χ4v) is 4.20. The first-order chi connectivity index (χ1) is 13.2. The van der Waals surface area contributed by atoms with E-state index in [1.165, 1.54) is 24.0 Å². The maximum absolute atomic E-state index is 13.3. The van der Waals surface area contributed by atoms with E-state index in [1.807, 2.05) is 18.2 Å². The van der Waals surface area contributed by atoms with Crippen LogP contribution in [0, 0.1) is 11.7 Å². The summed E-state index contributed by atoms with van der Waals surface area (Å²) in [6.07, 6.45) is 6.63. The average molecular weight is 365 g/mol. The molecule has 3 aromatic rings. The topological polar surface area (TPSA) is 31.9 Å². The molecule has 1 aliphatic carbocycles. The summed E-state index contributed by atoms with van der Waals surface area (Å²) in [4.78, 5) is 10.5. The quantitative estimate of drug-likeness (QED) is 0.654. The van der Waals surface area contributed by atoms with Gasteiger partial charge in [-0.15, -0.1) is 0 Å². The number of H-pyrrole nitrogens is 1. The molecule has 27 heavy (non-hydrogen) atoms. The molecule has 0 saturated heterocycles. The third kappa shape index (κ3) is 4.56. The fourth-order valence-electron chi connectivity index (χ4n) is 4.20. The van der Waals surface area contributed by atoms with Crippen molar-refractivity contribution in [3.63, 3.8) is 0 Å². The van der Waals surface area contributed by atoms with Crippen molar-refractivity contribution >= 4 is 11.0 Å². The predicted octanol–water partition coefficient (Wildman–Crippen LogP) is 4.76. The lowest BCUT2D eigenvalue weighted by atomic mass is 9.82. The van der Waals surface area contributed by atoms with Crippen molar-refractivity contribution in [1.29, 1.82) is 0 Å². The highest BCUT2D eigenvalue weighted by molar-refractivity contribution is 5.74. The first-order valence-electron chi connectivity index (χ1n) is 10.1. The van der Waals surface area contributed by atoms with Gasteiger partial charge in [-0.3, -0.25) is 0 Å². The van der Waals surface area contributed by atoms with E-state index in [4.69, 9.17) is 0 Å². The second-order valence-corrected chi connectivity index (χ2v) is 7.92. The van der Waals surface area contributed by atoms with Crippen LogP contribution in [0.2, 0.25) is 0 Å². The van der Waals surface area contributed by atoms with Gasteiger partial charge >= 0.3 is 0 Å². The summed E-state index contributed by atoms with van der Waals surface area (Å²) >= 11 is 0. The molecule has 1 heterocycles. The molecule has 1 aromatic heterocycles. The van der Waals surface area contributed by atoms with Gasteiger partial charge in [0.05, 0.1) is 11.0 Å². The summed E-state index contributed by atoms with van der Waals surface area (Å²) < 4.78 is 13.3. The Morgan fingerprint density at radius 1 is 1.15 bits per heavy atom. The van der Waals surface area contributed by atoms with Crippen LogP contribution < -0.4 is 0 Å². The molecule has 0 fully saturated rings. The molecule has 0 aliphatic heterocycles. The van der Waals surface area contributed by atoms with Gasteiger partial charge in [-0.05, 0) is 93.6 Å². The second-order valence-electron chi connectivity index (χ2n) is 7.92. The number of hydrogen-bond donors (Lipinski definition) is 1. The molecule has 0 spiro atoms. The number of aromatic amines is 1. The molecule has 3 nitrogen and oxygen atoms in total. The van der Waals surface area contributed by atoms with Gasteiger partial charge in [0.1, 0.15) is 11.6 Å². The Bertz CT molecular complexity index is 869. The molecule has 1 N–H and O–H groups in total. The summed E-state index contributed by atoms with van der Waals surface area (Å²) in [6.45, 7) is 2.22. The van der Waals surface area contributed by atoms with Crippen LogP contribution in [-0.2, 0) is 19.3 Å². The van der Waals surface area contributed by atoms with E-state index in [9.17, 15) is 4.39 Å². The van der Waals surface area contributed by atoms with Crippen molar-refractivity contribution in [3.8, 4) is 0 Å². The molecule has 1 aliphatic rings. The van der Waals surface area contributed by atoms with Gasteiger partial charge in [-0.2, -0.15) is 0 Å². The number of nitrogens with zero attached hydrogens (tertiary/aromatic N) is 2. The average Bonchev–Trinajstić information content (AvgIpc) is 3.09. The molecule has 4 heteroatoms. The van der Waals surface area contributed by atoms with Crippen molar-refractivity contribution in [1.82, 2.24) is 14.9 Å². The first-order valence-corrected chi connectivity index (χ1v) is 10.1. The third-order valence-corrected chi connectivity index (χ3v) is 5.81. The second kappa shape index (κ2) is 8.22. The summed E-state index contributed by atoms with van der Waals surface area (Å²) in [5, 5.41) is 0. The van der Waals surface area contributed by atoms with Gasteiger partial charge in [0, 0.05) is 6.42 Å². The lowest BCUT2D eigenvalue weighted by Gasteiger charge is -2.26. The smallest absolute Gasteiger partial charge is 0.123 e. The Kier molecular flexibility index (Phi) is 5.53. The number of aromatic nitrogens is 2. The van der Waals surface area contributed by atoms with Crippen LogP contribution in [-0.4, -0.2) is 35.0 Å². The number of rotatable bonds is 7. The predicted molar refractivity (Wildman–Crippen MR) is 108 cm³/mol. The standard InChI is InChI=1S/C23H28FN3/c1-27(13-4-7-23-25-21-5-2-3-6-22(21)26-23)14-12-17-8-9-19-16-20(24)11-10-18(19)15-17/h2-3,5-6,10-11,16-17H,4,7-9,12-15H2,1H3,(H,25,26). The number of hydrogen-bond acceptors (Lipinski definition) is 2. The zero-order valence-electron chi connectivity index (χ0n) is 16.0. The zero-order chi connectivity index (χ0) is 18.6. The minimum absolute atomic E-state index is 0.101. The SMILES string of the molecule is CN(CCCc1nc2ccccc2[nH]1)CCC1CCc2cc(F)ccc2C1. The summed E-state index contributed by atoms with van der Waals surface area (Å²) in [7, 11) is 2.21. The Balaban J connectivity index is 1.20. The molecule has 0 saturated carbocycles. The number of fused-ring (bicyclic) bond motifs is 2. The molecule has 142 valence electrons. The number of halogens is 1. The molecule has 2 aromatic carbocycles. The number of para-hydroxylation sites is 2. The van der Waals surface area contributed by atoms with Crippen molar-refractivity contribution in [2.75, 3.05) is 20.1 Å². The molecule has 1 unspecified atom stereocenters. The molecule has 1 atom stereocenters. The monoisotopic (exact) mass is 365 g/mol. The molecule has 0 radical (unpaired) electrons. The number of nitrogens with one attached hydrogen (secondary N) is 1. The van der Waals surface area contributed by atoms with Crippen LogP contribution in [0.15, 0.2) is 42.5 Å². The minimum Gasteiger partial charge on any atom is -0.342 e. The highest BCUT2D eigenvalue weighted by Crippen LogP contribution is 2.28. The Labute approximate surface area is 160 Å². The molecular formula is C23H28FN3. The Morgan fingerprint density at radius 2 is 2.04 bits per heavy atom. The zero-order valence-corrected chi connectivity index (χ0v) is 16.0. The van der Waals surface area contributed by atoms with Crippen molar-refractivity contribution in [3.05, 3.63) is 65.2 Å². The van der Waals surface area contributed by atoms with Gasteiger partial charge in [-0.25, -0.2) is 9.37 Å². The third-order valence-electron chi connectivity index (χ3n) is 5.81. The van der Waals surface area contributed by atoms with Gasteiger partial charge in [0.2, 0.25) is 0 Å². The van der Waals surface area contributed by atoms with Crippen molar-refractivity contribution in [2.24, 2.45) is 5.92 Å². The van der Waals surface area contributed by atoms with E-state index in [-0.39, 0.29) is 5.82 Å². The van der Waals surface area contributed by atoms with Crippen LogP contribution in [0.1, 0.15) is 36.2 Å². The van der Waals surface area contributed by atoms with Crippen molar-refractivity contribution in [2.45, 2.75) is 38.5 Å². The van der Waals surface area contributed by atoms with Crippen molar-refractivity contribution < 1.29 is 4.39 Å². The van der Waals surface area contributed by atoms with Gasteiger partial charge in [-0.1, -0.05) is 18.2 Å². The fraction of sp³-hybridized carbons (Fsp3) is 0.435. The molecular weight excluding hydrogens is 337 g/mol. The normalized spacial score (nSPS) is 16.8. The van der Waals surface area contributed by atoms with Gasteiger partial charge in [0.15, 0.2) is 0 Å². The summed E-state index contributed by atoms with van der Waals surface area (Å²) in [5.41, 5.74) is 4.74. The lowest BCUT2D eigenvalue weighted by Crippen LogP contribution is -2.25. The molecule has 4 rings (SSSR count). The molecule has 0 bridgehead atoms. The van der Waals surface area contributed by atoms with Gasteiger partial charge < -0.3 is 9.88 Å². The van der Waals surface area contributed by atoms with E-state index in [0.717, 1.165) is 61.5 Å². The van der Waals surface area contributed by atoms with E-state index in [1.54, 1.807) is 12.1 Å². The lowest BCUT2D eigenvalue weighted by molar-refractivity contribution is 0.285. The van der Waals surface area contributed by atoms with E-state index < -0.39 is 0 Å². The maximum atomic E-state index is 13.3. The van der Waals surface area contributed by atoms with Crippen LogP contribution in [0.25, 0.3) is 11.0 Å². The van der Waals surface area contributed by atoms with E-state index in [0.29, 0.717) is 0 Å². The maximum Gasteiger partial charge on any atom is 0.123 e. The summed E-state index contributed by atoms with van der Waals surface area (Å²) in [6, 6.07) is 13.5. The van der Waals surface area contributed by atoms with Crippen LogP contribution in [0.4, 0.5) is 4.39 Å². The van der Waals surface area contributed by atoms with Gasteiger partial charge in [0.25, 0.3) is 0 Å². The summed E-state index contributed by atoms with van der Waals surface area (Å²) in [5.74, 6) is 1.71. The highest BCUT2D eigenvalue weighted by atomic mass is 19.1. The highest BCUT2D eigenvalue weighted by Gasteiger charge is 2.19. The number of aryl methyl sites for hydroxylation is 2. The van der Waals surface area contributed by atoms with E-state index >= 15 is 0 Å². The van der Waals surface area contributed by atoms with E-state index in [2.05, 4.69) is 34.0 Å². The largest absolute Gasteiger partial charge is 0.342 e. The Hall–Kier alpha value is -2.20. The van der Waals surface area contributed by atoms with Crippen LogP contribution in [0.5, 0.6) is 0 Å².